The van der Waals surface area contributed by atoms with Crippen molar-refractivity contribution in [3.63, 3.8) is 0 Å². The molecule has 0 radical (unpaired) electrons. The van der Waals surface area contributed by atoms with Crippen LogP contribution in [0.4, 0.5) is 0 Å². The Bertz CT molecular complexity index is 357. The van der Waals surface area contributed by atoms with Gasteiger partial charge in [-0.05, 0) is 19.0 Å². The van der Waals surface area contributed by atoms with Crippen LogP contribution >= 0.6 is 0 Å². The molecule has 0 amide bonds. The van der Waals surface area contributed by atoms with Crippen molar-refractivity contribution in [3.05, 3.63) is 23.8 Å². The van der Waals surface area contributed by atoms with E-state index in [0.717, 1.165) is 36.6 Å². The molecule has 1 aromatic rings. The first-order valence-corrected chi connectivity index (χ1v) is 6.42. The lowest BCUT2D eigenvalue weighted by molar-refractivity contribution is 0.0907. The van der Waals surface area contributed by atoms with Crippen molar-refractivity contribution < 1.29 is 19.3 Å². The molecule has 0 atom stereocenters. The van der Waals surface area contributed by atoms with Crippen LogP contribution in [0.2, 0.25) is 0 Å². The van der Waals surface area contributed by atoms with Gasteiger partial charge in [0.25, 0.3) is 0 Å². The smallest absolute Gasteiger partial charge is 0.165 e. The Morgan fingerprint density at radius 1 is 1.16 bits per heavy atom. The van der Waals surface area contributed by atoms with Crippen LogP contribution in [-0.2, 0) is 11.3 Å². The van der Waals surface area contributed by atoms with Gasteiger partial charge in [-0.25, -0.2) is 0 Å². The first-order valence-electron chi connectivity index (χ1n) is 6.42. The molecule has 0 saturated carbocycles. The molecule has 2 N–H and O–H groups in total. The predicted molar refractivity (Wildman–Crippen MR) is 73.8 cm³/mol. The van der Waals surface area contributed by atoms with E-state index in [4.69, 9.17) is 19.3 Å². The Kier molecular flexibility index (Phi) is 7.97. The zero-order chi connectivity index (χ0) is 13.9. The van der Waals surface area contributed by atoms with Crippen LogP contribution in [0.25, 0.3) is 0 Å². The van der Waals surface area contributed by atoms with E-state index < -0.39 is 0 Å². The molecule has 5 heteroatoms. The Morgan fingerprint density at radius 2 is 2.00 bits per heavy atom. The molecule has 0 fully saturated rings. The van der Waals surface area contributed by atoms with Crippen molar-refractivity contribution in [3.8, 4) is 11.5 Å². The molecule has 0 saturated heterocycles. The first kappa shape index (κ1) is 15.8. The number of aliphatic hydroxyl groups is 1. The third-order valence-corrected chi connectivity index (χ3v) is 2.68. The number of methoxy groups -OCH3 is 2. The molecule has 1 aromatic carbocycles. The highest BCUT2D eigenvalue weighted by Crippen LogP contribution is 2.30. The van der Waals surface area contributed by atoms with Crippen LogP contribution in [0, 0.1) is 0 Å². The van der Waals surface area contributed by atoms with Gasteiger partial charge in [-0.2, -0.15) is 0 Å². The van der Waals surface area contributed by atoms with Crippen molar-refractivity contribution in [2.24, 2.45) is 0 Å². The minimum absolute atomic E-state index is 0.0778. The first-order chi connectivity index (χ1) is 9.33. The average molecular weight is 269 g/mol. The van der Waals surface area contributed by atoms with Gasteiger partial charge in [0.2, 0.25) is 0 Å². The summed E-state index contributed by atoms with van der Waals surface area (Å²) in [6.07, 6.45) is 0.909. The second-order valence-electron chi connectivity index (χ2n) is 4.02. The average Bonchev–Trinajstić information content (AvgIpc) is 2.45. The Hall–Kier alpha value is -1.30. The summed E-state index contributed by atoms with van der Waals surface area (Å²) in [4.78, 5) is 0. The maximum atomic E-state index is 8.56. The summed E-state index contributed by atoms with van der Waals surface area (Å²) >= 11 is 0. The monoisotopic (exact) mass is 269 g/mol. The van der Waals surface area contributed by atoms with E-state index >= 15 is 0 Å². The topological polar surface area (TPSA) is 60.0 Å². The Labute approximate surface area is 114 Å². The third kappa shape index (κ3) is 5.46. The molecule has 0 aliphatic heterocycles. The lowest BCUT2D eigenvalue weighted by Crippen LogP contribution is -2.17. The van der Waals surface area contributed by atoms with E-state index in [1.807, 2.05) is 18.2 Å². The normalized spacial score (nSPS) is 10.5. The van der Waals surface area contributed by atoms with Gasteiger partial charge < -0.3 is 24.6 Å². The summed E-state index contributed by atoms with van der Waals surface area (Å²) in [5.41, 5.74) is 1.07. The lowest BCUT2D eigenvalue weighted by Gasteiger charge is -2.13. The van der Waals surface area contributed by atoms with Crippen molar-refractivity contribution in [2.75, 3.05) is 40.6 Å². The van der Waals surface area contributed by atoms with Crippen LogP contribution < -0.4 is 14.8 Å². The number of ether oxygens (including phenoxy) is 3. The molecule has 1 rings (SSSR count). The number of benzene rings is 1. The van der Waals surface area contributed by atoms with E-state index in [2.05, 4.69) is 5.32 Å². The quantitative estimate of drug-likeness (QED) is 0.625. The molecule has 0 unspecified atom stereocenters. The van der Waals surface area contributed by atoms with E-state index in [1.54, 1.807) is 14.2 Å². The van der Waals surface area contributed by atoms with Crippen LogP contribution in [-0.4, -0.2) is 45.7 Å². The maximum Gasteiger partial charge on any atom is 0.165 e. The number of nitrogens with one attached hydrogen (secondary N) is 1. The van der Waals surface area contributed by atoms with Gasteiger partial charge in [0.1, 0.15) is 0 Å². The fourth-order valence-electron chi connectivity index (χ4n) is 1.78. The molecular formula is C14H23NO4. The number of hydrogen-bond donors (Lipinski definition) is 2. The van der Waals surface area contributed by atoms with Crippen molar-refractivity contribution >= 4 is 0 Å². The molecule has 0 aliphatic carbocycles. The Morgan fingerprint density at radius 3 is 2.68 bits per heavy atom. The van der Waals surface area contributed by atoms with E-state index in [1.165, 1.54) is 0 Å². The molecule has 0 aromatic heterocycles. The van der Waals surface area contributed by atoms with Gasteiger partial charge in [0, 0.05) is 18.7 Å². The number of para-hydroxylation sites is 1. The molecule has 0 spiro atoms. The molecule has 0 aliphatic rings. The van der Waals surface area contributed by atoms with Crippen molar-refractivity contribution in [2.45, 2.75) is 13.0 Å². The maximum absolute atomic E-state index is 8.56. The fourth-order valence-corrected chi connectivity index (χ4v) is 1.78. The molecule has 5 nitrogen and oxygen atoms in total. The molecule has 0 bridgehead atoms. The van der Waals surface area contributed by atoms with E-state index in [9.17, 15) is 0 Å². The van der Waals surface area contributed by atoms with Crippen LogP contribution in [0.15, 0.2) is 18.2 Å². The predicted octanol–water partition coefficient (Wildman–Crippen LogP) is 1.19. The zero-order valence-corrected chi connectivity index (χ0v) is 11.6. The summed E-state index contributed by atoms with van der Waals surface area (Å²) in [5, 5.41) is 11.9. The minimum atomic E-state index is 0.0778. The van der Waals surface area contributed by atoms with Crippen LogP contribution in [0.1, 0.15) is 12.0 Å². The summed E-state index contributed by atoms with van der Waals surface area (Å²) < 4.78 is 15.8. The van der Waals surface area contributed by atoms with E-state index in [0.29, 0.717) is 13.2 Å². The largest absolute Gasteiger partial charge is 0.493 e. The number of aliphatic hydroxyl groups excluding tert-OH is 1. The summed E-state index contributed by atoms with van der Waals surface area (Å²) in [6, 6.07) is 5.84. The highest BCUT2D eigenvalue weighted by atomic mass is 16.5. The van der Waals surface area contributed by atoms with Crippen molar-refractivity contribution in [1.82, 2.24) is 5.32 Å². The van der Waals surface area contributed by atoms with Gasteiger partial charge in [0.15, 0.2) is 11.5 Å². The van der Waals surface area contributed by atoms with E-state index in [-0.39, 0.29) is 6.61 Å². The second-order valence-corrected chi connectivity index (χ2v) is 4.02. The molecule has 108 valence electrons. The summed E-state index contributed by atoms with van der Waals surface area (Å²) in [6.45, 7) is 2.72. The molecule has 19 heavy (non-hydrogen) atoms. The number of hydrogen-bond acceptors (Lipinski definition) is 5. The molecule has 0 heterocycles. The van der Waals surface area contributed by atoms with Gasteiger partial charge in [-0.15, -0.1) is 0 Å². The minimum Gasteiger partial charge on any atom is -0.493 e. The highest BCUT2D eigenvalue weighted by molar-refractivity contribution is 5.46. The standard InChI is InChI=1S/C14H23NO4/c1-17-13-6-3-5-12(14(13)18-2)11-15-7-4-9-19-10-8-16/h3,5-6,15-16H,4,7-11H2,1-2H3. The lowest BCUT2D eigenvalue weighted by atomic mass is 10.2. The Balaban J connectivity index is 2.33. The summed E-state index contributed by atoms with van der Waals surface area (Å²) in [5.74, 6) is 1.52. The molecular weight excluding hydrogens is 246 g/mol. The van der Waals surface area contributed by atoms with Crippen molar-refractivity contribution in [1.29, 1.82) is 0 Å². The van der Waals surface area contributed by atoms with Gasteiger partial charge in [0.05, 0.1) is 27.4 Å². The second kappa shape index (κ2) is 9.61. The van der Waals surface area contributed by atoms with Gasteiger partial charge >= 0.3 is 0 Å². The summed E-state index contributed by atoms with van der Waals surface area (Å²) in [7, 11) is 3.28. The van der Waals surface area contributed by atoms with Crippen LogP contribution in [0.5, 0.6) is 11.5 Å². The van der Waals surface area contributed by atoms with Gasteiger partial charge in [-0.3, -0.25) is 0 Å². The number of rotatable bonds is 10. The highest BCUT2D eigenvalue weighted by Gasteiger charge is 2.08. The fraction of sp³-hybridized carbons (Fsp3) is 0.571. The van der Waals surface area contributed by atoms with Gasteiger partial charge in [-0.1, -0.05) is 12.1 Å². The van der Waals surface area contributed by atoms with Crippen LogP contribution in [0.3, 0.4) is 0 Å². The SMILES string of the molecule is COc1cccc(CNCCCOCCO)c1OC. The third-order valence-electron chi connectivity index (χ3n) is 2.68. The zero-order valence-electron chi connectivity index (χ0n) is 11.6.